The molecule has 1 unspecified atom stereocenters. The lowest BCUT2D eigenvalue weighted by atomic mass is 10.0. The molecule has 3 aliphatic heterocycles. The maximum atomic E-state index is 16.8. The van der Waals surface area contributed by atoms with Crippen molar-refractivity contribution in [2.75, 3.05) is 23.8 Å². The highest BCUT2D eigenvalue weighted by atomic mass is 32.7. The van der Waals surface area contributed by atoms with Crippen molar-refractivity contribution in [3.8, 4) is 0 Å². The maximum absolute atomic E-state index is 16.8. The fraction of sp³-hybridized carbons (Fsp3) is 0.440. The second-order valence-corrected chi connectivity index (χ2v) is 26.7. The van der Waals surface area contributed by atoms with Gasteiger partial charge >= 0.3 is 25.8 Å². The van der Waals surface area contributed by atoms with E-state index in [-0.39, 0.29) is 47.3 Å². The van der Waals surface area contributed by atoms with Crippen LogP contribution in [0.2, 0.25) is 0 Å². The lowest BCUT2D eigenvalue weighted by Gasteiger charge is -2.26. The predicted octanol–water partition coefficient (Wildman–Crippen LogP) is 5.76. The molecule has 3 saturated heterocycles. The Morgan fingerprint density at radius 3 is 2.24 bits per heavy atom. The van der Waals surface area contributed by atoms with Gasteiger partial charge in [0.1, 0.15) is 66.5 Å². The van der Waals surface area contributed by atoms with Crippen LogP contribution in [0.3, 0.4) is 0 Å². The SMILES string of the molecule is CC(C)[C@H](NC(=O)OC(C)(C)C)C(=O)N[C@@H](C)C(=O)Nc1ccc(COC(=O)NCc2ccccc2C(=O)Nc2ncnc3c2ncn3[C@@H]2O[C@@H]3CO[P@@](=O)(S)O[C@@H]4[C@H](O)[C@@H](COP(=O)(S)O[C@H]3[C@H]2F)O[C@H]4n2cc(F)c3c(=O)[nH]cnc32)cc1. The molecule has 0 spiro atoms. The molecular weight excluding hydrogens is 1200 g/mol. The summed E-state index contributed by atoms with van der Waals surface area (Å²) in [7, 11) is 0. The summed E-state index contributed by atoms with van der Waals surface area (Å²) in [6.07, 6.45) is -11.3. The number of anilines is 2. The van der Waals surface area contributed by atoms with Gasteiger partial charge in [0.05, 0.1) is 25.9 Å². The average Bonchev–Trinajstić information content (AvgIpc) is 2.01. The van der Waals surface area contributed by atoms with E-state index in [0.717, 1.165) is 34.3 Å². The highest BCUT2D eigenvalue weighted by molar-refractivity contribution is 8.44. The third-order valence-corrected chi connectivity index (χ3v) is 16.5. The number of aromatic nitrogens is 7. The minimum absolute atomic E-state index is 0.0415. The van der Waals surface area contributed by atoms with E-state index < -0.39 is 140 Å². The van der Waals surface area contributed by atoms with Crippen LogP contribution in [0.4, 0.5) is 29.9 Å². The summed E-state index contributed by atoms with van der Waals surface area (Å²) in [4.78, 5) is 96.5. The fourth-order valence-electron chi connectivity index (χ4n) is 9.16. The Morgan fingerprint density at radius 1 is 0.847 bits per heavy atom. The third-order valence-electron chi connectivity index (χ3n) is 13.3. The van der Waals surface area contributed by atoms with Crippen LogP contribution in [0, 0.1) is 11.7 Å². The Balaban J connectivity index is 0.799. The van der Waals surface area contributed by atoms with Crippen LogP contribution in [0.15, 0.2) is 78.5 Å². The molecule has 0 aliphatic carbocycles. The van der Waals surface area contributed by atoms with E-state index >= 15 is 8.78 Å². The number of alkyl carbamates (subject to hydrolysis) is 2. The summed E-state index contributed by atoms with van der Waals surface area (Å²) in [6.45, 7) is -1.13. The second-order valence-electron chi connectivity index (χ2n) is 20.9. The van der Waals surface area contributed by atoms with Crippen molar-refractivity contribution in [1.29, 1.82) is 0 Å². The number of halogens is 2. The Bertz CT molecular complexity index is 3670. The molecule has 5 amide bonds. The van der Waals surface area contributed by atoms with Crippen molar-refractivity contribution < 1.29 is 84.0 Å². The number of aliphatic hydroxyl groups excluding tert-OH is 1. The molecule has 3 fully saturated rings. The molecule has 2 aromatic carbocycles. The van der Waals surface area contributed by atoms with Crippen LogP contribution < -0.4 is 32.1 Å². The number of fused-ring (bicyclic) bond motifs is 5. The van der Waals surface area contributed by atoms with Crippen LogP contribution >= 0.6 is 38.1 Å². The summed E-state index contributed by atoms with van der Waals surface area (Å²) in [5.41, 5.74) is -0.549. The van der Waals surface area contributed by atoms with Gasteiger partial charge < -0.3 is 60.2 Å². The van der Waals surface area contributed by atoms with Crippen LogP contribution in [-0.4, -0.2) is 137 Å². The largest absolute Gasteiger partial charge is 0.445 e. The lowest BCUT2D eigenvalue weighted by Crippen LogP contribution is -2.54. The van der Waals surface area contributed by atoms with Crippen molar-refractivity contribution in [2.45, 2.75) is 122 Å². The van der Waals surface area contributed by atoms with E-state index in [1.165, 1.54) is 13.0 Å². The molecule has 29 nitrogen and oxygen atoms in total. The molecule has 12 atom stereocenters. The van der Waals surface area contributed by atoms with Gasteiger partial charge in [-0.1, -0.05) is 68.7 Å². The summed E-state index contributed by atoms with van der Waals surface area (Å²) in [5, 5.41) is 24.0. The molecule has 3 aliphatic rings. The number of alkyl halides is 1. The number of carbonyl (C=O) groups excluding carboxylic acids is 5. The number of hydrogen-bond acceptors (Lipinski definition) is 21. The number of aromatic amines is 1. The monoisotopic (exact) mass is 1260 g/mol. The Morgan fingerprint density at radius 2 is 1.53 bits per heavy atom. The molecule has 2 bridgehead atoms. The molecule has 85 heavy (non-hydrogen) atoms. The zero-order valence-corrected chi connectivity index (χ0v) is 49.4. The van der Waals surface area contributed by atoms with Gasteiger partial charge in [-0.25, -0.2) is 47.4 Å². The Kier molecular flexibility index (Phi) is 18.9. The van der Waals surface area contributed by atoms with Gasteiger partial charge in [0.15, 0.2) is 47.1 Å². The summed E-state index contributed by atoms with van der Waals surface area (Å²) < 4.78 is 107. The number of benzene rings is 2. The summed E-state index contributed by atoms with van der Waals surface area (Å²) >= 11 is 8.12. The highest BCUT2D eigenvalue weighted by Gasteiger charge is 2.54. The van der Waals surface area contributed by atoms with Crippen molar-refractivity contribution in [3.05, 3.63) is 107 Å². The first-order valence-electron chi connectivity index (χ1n) is 26.0. The maximum Gasteiger partial charge on any atom is 0.408 e. The Labute approximate surface area is 491 Å². The molecule has 7 heterocycles. The number of aliphatic hydroxyl groups is 1. The van der Waals surface area contributed by atoms with Gasteiger partial charge in [-0.05, 0) is 62.9 Å². The van der Waals surface area contributed by atoms with Crippen LogP contribution in [-0.2, 0) is 68.9 Å². The first-order valence-corrected chi connectivity index (χ1v) is 31.4. The van der Waals surface area contributed by atoms with E-state index in [9.17, 15) is 43.0 Å². The Hall–Kier alpha value is -6.90. The third kappa shape index (κ3) is 14.7. The molecule has 0 radical (unpaired) electrons. The van der Waals surface area contributed by atoms with Crippen LogP contribution in [0.1, 0.15) is 75.5 Å². The number of nitrogens with zero attached hydrogens (tertiary/aromatic N) is 6. The lowest BCUT2D eigenvalue weighted by molar-refractivity contribution is -0.128. The van der Waals surface area contributed by atoms with Crippen molar-refractivity contribution >= 4 is 102 Å². The smallest absolute Gasteiger partial charge is 0.408 e. The number of amides is 5. The zero-order chi connectivity index (χ0) is 61.3. The standard InChI is InChI=1S/C50H58F2N12O17P2S2/c1-23(2)34(61-49(71)79-50(4,5)6)45(69)59-24(3)42(66)60-27-13-11-25(12-14-27)17-74-48(70)53-15-26-9-7-8-10-28(26)43(67)62-39-35-41(56-20-54-39)64(22-58-35)46-33(52)37-31(78-46)19-76-83(73,85)81-38-36(65)30(18-75-82(72,84)80-37)77-47(38)63-16-29(51)32-40(63)55-21-57-44(32)68/h7-14,16,20-24,30-31,33-34,36-38,46-47,65H,15,17-19H2,1-6H3,(H,53,70)(H,59,69)(H,60,66)(H,61,71)(H,72,84)(H,73,85)(H,55,57,68)(H,54,56,62,67)/t24-,30+,31+,33+,34-,36+,37+,38+,46+,47+,82?,83+/m0/s1. The van der Waals surface area contributed by atoms with E-state index in [2.05, 4.69) is 76.0 Å². The number of hydrogen-bond donors (Lipinski definition) is 9. The van der Waals surface area contributed by atoms with Gasteiger partial charge in [0.2, 0.25) is 11.8 Å². The van der Waals surface area contributed by atoms with E-state index in [0.29, 0.717) is 16.8 Å². The van der Waals surface area contributed by atoms with Crippen molar-refractivity contribution in [2.24, 2.45) is 5.92 Å². The normalized spacial score (nSPS) is 26.0. The molecule has 6 aromatic rings. The van der Waals surface area contributed by atoms with Crippen molar-refractivity contribution in [3.63, 3.8) is 0 Å². The number of ether oxygens (including phenoxy) is 4. The molecule has 0 saturated carbocycles. The topological polar surface area (TPSA) is 368 Å². The van der Waals surface area contributed by atoms with Gasteiger partial charge in [-0.2, -0.15) is 0 Å². The van der Waals surface area contributed by atoms with Gasteiger partial charge in [0.25, 0.3) is 11.5 Å². The first-order chi connectivity index (χ1) is 40.2. The van der Waals surface area contributed by atoms with Gasteiger partial charge in [0, 0.05) is 24.0 Å². The number of thiol groups is 2. The van der Waals surface area contributed by atoms with Crippen LogP contribution in [0.5, 0.6) is 0 Å². The number of H-pyrrole nitrogens is 1. The van der Waals surface area contributed by atoms with Gasteiger partial charge in [-0.15, -0.1) is 0 Å². The minimum atomic E-state index is -4.63. The van der Waals surface area contributed by atoms with E-state index in [4.69, 9.17) is 37.0 Å². The quantitative estimate of drug-likeness (QED) is 0.0462. The predicted molar refractivity (Wildman–Crippen MR) is 301 cm³/mol. The first kappa shape index (κ1) is 62.6. The fourth-order valence-corrected chi connectivity index (χ4v) is 12.1. The molecular formula is C50H58F2N12O17P2S2. The van der Waals surface area contributed by atoms with Crippen molar-refractivity contribution in [1.82, 2.24) is 50.0 Å². The number of rotatable bonds is 14. The summed E-state index contributed by atoms with van der Waals surface area (Å²) in [5.74, 6) is -3.26. The number of nitrogens with one attached hydrogen (secondary N) is 6. The zero-order valence-electron chi connectivity index (χ0n) is 45.8. The van der Waals surface area contributed by atoms with Gasteiger partial charge in [-0.3, -0.25) is 41.8 Å². The highest BCUT2D eigenvalue weighted by Crippen LogP contribution is 2.60. The molecule has 456 valence electrons. The number of carbonyl (C=O) groups is 5. The average molecular weight is 1260 g/mol. The van der Waals surface area contributed by atoms with E-state index in [1.807, 2.05) is 0 Å². The van der Waals surface area contributed by atoms with E-state index in [1.54, 1.807) is 77.1 Å². The second kappa shape index (κ2) is 25.6. The van der Waals surface area contributed by atoms with Crippen LogP contribution in [0.25, 0.3) is 22.2 Å². The minimum Gasteiger partial charge on any atom is -0.445 e. The molecule has 35 heteroatoms. The summed E-state index contributed by atoms with van der Waals surface area (Å²) in [6, 6.07) is 10.7. The molecule has 9 rings (SSSR count). The number of imidazole rings is 1. The molecule has 4 aromatic heterocycles. The molecule has 7 N–H and O–H groups in total.